The summed E-state index contributed by atoms with van der Waals surface area (Å²) in [5.41, 5.74) is -0.412. The van der Waals surface area contributed by atoms with Crippen molar-refractivity contribution in [2.75, 3.05) is 0 Å². The minimum atomic E-state index is -2.11. The van der Waals surface area contributed by atoms with Gasteiger partial charge < -0.3 is 15.3 Å². The van der Waals surface area contributed by atoms with Gasteiger partial charge in [0.25, 0.3) is 0 Å². The van der Waals surface area contributed by atoms with Crippen molar-refractivity contribution in [2.45, 2.75) is 12.2 Å². The fourth-order valence-corrected chi connectivity index (χ4v) is 1.13. The second-order valence-corrected chi connectivity index (χ2v) is 3.14. The van der Waals surface area contributed by atoms with Crippen molar-refractivity contribution in [1.29, 1.82) is 0 Å². The number of halogens is 2. The van der Waals surface area contributed by atoms with E-state index in [0.717, 1.165) is 12.3 Å². The second kappa shape index (κ2) is 4.52. The number of hydrogen-bond acceptors (Lipinski definition) is 4. The zero-order valence-electron chi connectivity index (χ0n) is 7.26. The van der Waals surface area contributed by atoms with E-state index in [0.29, 0.717) is 0 Å². The summed E-state index contributed by atoms with van der Waals surface area (Å²) in [6, 6.07) is 0.952. The Morgan fingerprint density at radius 3 is 2.67 bits per heavy atom. The van der Waals surface area contributed by atoms with E-state index in [2.05, 4.69) is 4.98 Å². The zero-order chi connectivity index (χ0) is 11.6. The summed E-state index contributed by atoms with van der Waals surface area (Å²) in [5, 5.41) is 26.6. The van der Waals surface area contributed by atoms with Crippen molar-refractivity contribution < 1.29 is 24.5 Å². The number of aliphatic hydroxyl groups excluding tert-OH is 2. The molecule has 0 saturated carbocycles. The quantitative estimate of drug-likeness (QED) is 0.658. The smallest absolute Gasteiger partial charge is 0.335 e. The molecule has 0 fully saturated rings. The first-order chi connectivity index (χ1) is 6.93. The Morgan fingerprint density at radius 2 is 2.13 bits per heavy atom. The monoisotopic (exact) mass is 235 g/mol. The summed E-state index contributed by atoms with van der Waals surface area (Å²) in [7, 11) is 0. The molecule has 1 aromatic heterocycles. The molecule has 0 aliphatic heterocycles. The molecule has 0 aliphatic carbocycles. The van der Waals surface area contributed by atoms with E-state index >= 15 is 0 Å². The average molecular weight is 236 g/mol. The Hall–Kier alpha value is -1.24. The Kier molecular flexibility index (Phi) is 3.57. The number of pyridine rings is 1. The normalized spacial score (nSPS) is 14.7. The molecule has 0 radical (unpaired) electrons. The summed E-state index contributed by atoms with van der Waals surface area (Å²) >= 11 is 5.43. The molecule has 1 rings (SSSR count). The van der Waals surface area contributed by atoms with Gasteiger partial charge in [-0.2, -0.15) is 0 Å². The summed E-state index contributed by atoms with van der Waals surface area (Å²) in [5.74, 6) is -2.60. The molecule has 7 heteroatoms. The van der Waals surface area contributed by atoms with Crippen molar-refractivity contribution in [3.63, 3.8) is 0 Å². The molecule has 1 aromatic rings. The number of rotatable bonds is 3. The number of nitrogens with zero attached hydrogens (tertiary/aromatic N) is 1. The number of carboxylic acid groups (broad SMARTS) is 1. The first kappa shape index (κ1) is 11.8. The van der Waals surface area contributed by atoms with E-state index in [4.69, 9.17) is 21.8 Å². The van der Waals surface area contributed by atoms with Gasteiger partial charge in [0.05, 0.1) is 6.20 Å². The molecule has 5 nitrogen and oxygen atoms in total. The van der Waals surface area contributed by atoms with Gasteiger partial charge in [-0.3, -0.25) is 0 Å². The third-order valence-electron chi connectivity index (χ3n) is 1.72. The average Bonchev–Trinajstić information content (AvgIpc) is 2.19. The lowest BCUT2D eigenvalue weighted by Gasteiger charge is -2.14. The maximum absolute atomic E-state index is 13.1. The molecule has 15 heavy (non-hydrogen) atoms. The third kappa shape index (κ3) is 2.62. The van der Waals surface area contributed by atoms with Crippen molar-refractivity contribution in [1.82, 2.24) is 4.98 Å². The molecule has 1 heterocycles. The molecule has 2 unspecified atom stereocenters. The first-order valence-electron chi connectivity index (χ1n) is 3.83. The number of aromatic nitrogens is 1. The minimum absolute atomic E-state index is 0.108. The van der Waals surface area contributed by atoms with Gasteiger partial charge in [0, 0.05) is 5.56 Å². The van der Waals surface area contributed by atoms with Crippen molar-refractivity contribution in [3.05, 3.63) is 28.8 Å². The van der Waals surface area contributed by atoms with Gasteiger partial charge in [0.15, 0.2) is 6.10 Å². The molecule has 2 atom stereocenters. The summed E-state index contributed by atoms with van der Waals surface area (Å²) in [6.07, 6.45) is -3.27. The molecular formula is C8H7ClFNO4. The van der Waals surface area contributed by atoms with Gasteiger partial charge in [-0.25, -0.2) is 14.2 Å². The van der Waals surface area contributed by atoms with Crippen molar-refractivity contribution in [2.24, 2.45) is 0 Å². The lowest BCUT2D eigenvalue weighted by Crippen LogP contribution is -2.28. The predicted octanol–water partition coefficient (Wildman–Crippen LogP) is 0.353. The maximum atomic E-state index is 13.1. The van der Waals surface area contributed by atoms with Crippen LogP contribution in [0, 0.1) is 5.82 Å². The minimum Gasteiger partial charge on any atom is -0.479 e. The number of hydrogen-bond donors (Lipinski definition) is 3. The molecule has 0 aromatic carbocycles. The van der Waals surface area contributed by atoms with Crippen LogP contribution in [0.1, 0.15) is 11.7 Å². The van der Waals surface area contributed by atoms with Gasteiger partial charge >= 0.3 is 5.97 Å². The van der Waals surface area contributed by atoms with Crippen LogP contribution < -0.4 is 0 Å². The topological polar surface area (TPSA) is 90.7 Å². The predicted molar refractivity (Wildman–Crippen MR) is 47.8 cm³/mol. The molecule has 0 aliphatic rings. The van der Waals surface area contributed by atoms with Crippen LogP contribution in [0.4, 0.5) is 4.39 Å². The Labute approximate surface area is 88.8 Å². The Balaban J connectivity index is 3.04. The number of aliphatic hydroxyl groups is 2. The van der Waals surface area contributed by atoms with Crippen LogP contribution >= 0.6 is 11.6 Å². The zero-order valence-corrected chi connectivity index (χ0v) is 8.02. The Morgan fingerprint density at radius 1 is 1.53 bits per heavy atom. The van der Waals surface area contributed by atoms with E-state index in [1.807, 2.05) is 0 Å². The fraction of sp³-hybridized carbons (Fsp3) is 0.250. The fourth-order valence-electron chi connectivity index (χ4n) is 0.959. The lowest BCUT2D eigenvalue weighted by atomic mass is 10.1. The van der Waals surface area contributed by atoms with Crippen molar-refractivity contribution in [3.8, 4) is 0 Å². The first-order valence-corrected chi connectivity index (χ1v) is 4.21. The van der Waals surface area contributed by atoms with Crippen LogP contribution in [-0.2, 0) is 4.79 Å². The highest BCUT2D eigenvalue weighted by atomic mass is 35.5. The van der Waals surface area contributed by atoms with Crippen LogP contribution in [-0.4, -0.2) is 32.4 Å². The third-order valence-corrected chi connectivity index (χ3v) is 1.93. The highest BCUT2D eigenvalue weighted by Crippen LogP contribution is 2.22. The van der Waals surface area contributed by atoms with Crippen LogP contribution in [0.3, 0.4) is 0 Å². The van der Waals surface area contributed by atoms with E-state index < -0.39 is 29.6 Å². The standard InChI is InChI=1S/C8H7ClFNO4/c9-5-1-3(4(10)2-11-5)6(12)7(13)8(14)15/h1-2,6-7,12-13H,(H,14,15). The van der Waals surface area contributed by atoms with Crippen LogP contribution in [0.15, 0.2) is 12.3 Å². The van der Waals surface area contributed by atoms with E-state index in [9.17, 15) is 14.3 Å². The molecule has 3 N–H and O–H groups in total. The molecule has 0 saturated heterocycles. The number of aliphatic carboxylic acids is 1. The van der Waals surface area contributed by atoms with Gasteiger partial charge in [0.1, 0.15) is 17.1 Å². The highest BCUT2D eigenvalue weighted by Gasteiger charge is 2.27. The van der Waals surface area contributed by atoms with E-state index in [1.54, 1.807) is 0 Å². The molecule has 0 bridgehead atoms. The molecule has 0 amide bonds. The summed E-state index contributed by atoms with van der Waals surface area (Å²) in [4.78, 5) is 13.7. The number of carboxylic acids is 1. The van der Waals surface area contributed by atoms with Crippen molar-refractivity contribution >= 4 is 17.6 Å². The SMILES string of the molecule is O=C(O)C(O)C(O)c1cc(Cl)ncc1F. The van der Waals surface area contributed by atoms with Crippen LogP contribution in [0.5, 0.6) is 0 Å². The van der Waals surface area contributed by atoms with Gasteiger partial charge in [-0.15, -0.1) is 0 Å². The molecule has 0 spiro atoms. The van der Waals surface area contributed by atoms with Gasteiger partial charge in [-0.1, -0.05) is 11.6 Å². The van der Waals surface area contributed by atoms with Gasteiger partial charge in [0.2, 0.25) is 0 Å². The summed E-state index contributed by atoms with van der Waals surface area (Å²) in [6.45, 7) is 0. The van der Waals surface area contributed by atoms with Crippen LogP contribution in [0.2, 0.25) is 5.15 Å². The largest absolute Gasteiger partial charge is 0.479 e. The lowest BCUT2D eigenvalue weighted by molar-refractivity contribution is -0.153. The number of carbonyl (C=O) groups is 1. The second-order valence-electron chi connectivity index (χ2n) is 2.76. The van der Waals surface area contributed by atoms with E-state index in [1.165, 1.54) is 0 Å². The molecule has 82 valence electrons. The van der Waals surface area contributed by atoms with Crippen LogP contribution in [0.25, 0.3) is 0 Å². The maximum Gasteiger partial charge on any atom is 0.335 e. The highest BCUT2D eigenvalue weighted by molar-refractivity contribution is 6.29. The van der Waals surface area contributed by atoms with Gasteiger partial charge in [-0.05, 0) is 6.07 Å². The summed E-state index contributed by atoms with van der Waals surface area (Å²) < 4.78 is 13.1. The van der Waals surface area contributed by atoms with E-state index in [-0.39, 0.29) is 5.15 Å². The Bertz CT molecular complexity index is 387. The molecular weight excluding hydrogens is 229 g/mol.